The molecule has 12 nitrogen and oxygen atoms in total. The summed E-state index contributed by atoms with van der Waals surface area (Å²) in [5.41, 5.74) is -0.0479. The smallest absolute Gasteiger partial charge is 0.412 e. The van der Waals surface area contributed by atoms with Gasteiger partial charge in [-0.2, -0.15) is 0 Å². The number of likely N-dealkylation sites (tertiary alicyclic amines) is 2. The van der Waals surface area contributed by atoms with E-state index in [4.69, 9.17) is 14.2 Å². The van der Waals surface area contributed by atoms with E-state index in [0.717, 1.165) is 5.56 Å². The predicted molar refractivity (Wildman–Crippen MR) is 174 cm³/mol. The molecule has 2 heterocycles. The summed E-state index contributed by atoms with van der Waals surface area (Å²) >= 11 is 0. The number of nitrogens with one attached hydrogen (secondary N) is 2. The molecule has 2 saturated heterocycles. The van der Waals surface area contributed by atoms with Gasteiger partial charge in [-0.1, -0.05) is 69.3 Å². The first-order valence-corrected chi connectivity index (χ1v) is 15.9. The molecule has 4 atom stereocenters. The highest BCUT2D eigenvalue weighted by Gasteiger charge is 2.55. The normalized spacial score (nSPS) is 19.7. The van der Waals surface area contributed by atoms with Crippen molar-refractivity contribution in [3.05, 3.63) is 66.2 Å². The van der Waals surface area contributed by atoms with Crippen molar-refractivity contribution in [2.24, 2.45) is 5.41 Å². The molecule has 0 unspecified atom stereocenters. The van der Waals surface area contributed by atoms with Gasteiger partial charge in [-0.05, 0) is 50.3 Å². The molecule has 12 heteroatoms. The number of carbonyl (C=O) groups is 5. The van der Waals surface area contributed by atoms with E-state index in [0.29, 0.717) is 12.1 Å². The van der Waals surface area contributed by atoms with Gasteiger partial charge in [0.2, 0.25) is 11.8 Å². The number of alkyl carbamates (subject to hydrolysis) is 1. The summed E-state index contributed by atoms with van der Waals surface area (Å²) in [5.74, 6) is -1.16. The van der Waals surface area contributed by atoms with Crippen molar-refractivity contribution in [3.8, 4) is 0 Å². The Balaban J connectivity index is 1.51. The highest BCUT2D eigenvalue weighted by Crippen LogP contribution is 2.36. The van der Waals surface area contributed by atoms with Gasteiger partial charge in [0.1, 0.15) is 24.4 Å². The third-order valence-corrected chi connectivity index (χ3v) is 8.01. The molecule has 254 valence electrons. The van der Waals surface area contributed by atoms with E-state index in [1.165, 1.54) is 0 Å². The predicted octanol–water partition coefficient (Wildman–Crippen LogP) is 4.88. The van der Waals surface area contributed by atoms with Gasteiger partial charge in [0, 0.05) is 18.7 Å². The maximum atomic E-state index is 14.2. The summed E-state index contributed by atoms with van der Waals surface area (Å²) in [6, 6.07) is 15.9. The molecule has 0 spiro atoms. The molecule has 4 amide bonds. The number of anilines is 1. The molecule has 0 radical (unpaired) electrons. The van der Waals surface area contributed by atoms with Crippen molar-refractivity contribution >= 4 is 35.7 Å². The molecule has 2 aliphatic rings. The van der Waals surface area contributed by atoms with Crippen LogP contribution < -0.4 is 10.6 Å². The van der Waals surface area contributed by atoms with Gasteiger partial charge in [0.15, 0.2) is 0 Å². The van der Waals surface area contributed by atoms with Crippen molar-refractivity contribution < 1.29 is 38.2 Å². The highest BCUT2D eigenvalue weighted by atomic mass is 16.6. The molecule has 2 aromatic rings. The number of amides is 4. The van der Waals surface area contributed by atoms with Crippen LogP contribution in [0, 0.1) is 5.41 Å². The van der Waals surface area contributed by atoms with Crippen LogP contribution in [0.3, 0.4) is 0 Å². The number of para-hydroxylation sites is 1. The molecular weight excluding hydrogens is 604 g/mol. The number of hydrogen-bond donors (Lipinski definition) is 2. The summed E-state index contributed by atoms with van der Waals surface area (Å²) in [5, 5.41) is 5.45. The van der Waals surface area contributed by atoms with Gasteiger partial charge in [0.05, 0.1) is 25.0 Å². The minimum atomic E-state index is -0.972. The fourth-order valence-electron chi connectivity index (χ4n) is 5.92. The average Bonchev–Trinajstić information content (AvgIpc) is 3.58. The molecule has 0 saturated carbocycles. The van der Waals surface area contributed by atoms with Crippen molar-refractivity contribution in [1.29, 1.82) is 0 Å². The van der Waals surface area contributed by atoms with E-state index in [-0.39, 0.29) is 44.4 Å². The molecule has 2 aromatic carbocycles. The molecule has 47 heavy (non-hydrogen) atoms. The van der Waals surface area contributed by atoms with Crippen LogP contribution in [0.4, 0.5) is 15.3 Å². The second kappa shape index (κ2) is 14.9. The maximum Gasteiger partial charge on any atom is 0.412 e. The van der Waals surface area contributed by atoms with Crippen LogP contribution >= 0.6 is 0 Å². The first kappa shape index (κ1) is 35.2. The molecule has 2 aliphatic heterocycles. The number of ether oxygens (including phenoxy) is 3. The van der Waals surface area contributed by atoms with Gasteiger partial charge in [-0.25, -0.2) is 9.59 Å². The van der Waals surface area contributed by atoms with E-state index in [9.17, 15) is 24.0 Å². The van der Waals surface area contributed by atoms with Crippen LogP contribution in [0.25, 0.3) is 0 Å². The minimum absolute atomic E-state index is 0.0406. The number of rotatable bonds is 9. The Kier molecular flexibility index (Phi) is 11.2. The number of carbonyl (C=O) groups excluding carboxylic acids is 5. The Bertz CT molecular complexity index is 1420. The molecule has 2 N–H and O–H groups in total. The van der Waals surface area contributed by atoms with Crippen molar-refractivity contribution in [3.63, 3.8) is 0 Å². The molecule has 0 aliphatic carbocycles. The van der Waals surface area contributed by atoms with Crippen LogP contribution in [-0.2, 0) is 35.2 Å². The molecule has 0 aromatic heterocycles. The lowest BCUT2D eigenvalue weighted by Gasteiger charge is -2.36. The fraction of sp³-hybridized carbons (Fsp3) is 0.514. The maximum absolute atomic E-state index is 14.2. The number of fused-ring (bicyclic) bond motifs is 1. The molecule has 0 bridgehead atoms. The number of nitrogens with zero attached hydrogens (tertiary/aromatic N) is 2. The Morgan fingerprint density at radius 3 is 2.11 bits per heavy atom. The summed E-state index contributed by atoms with van der Waals surface area (Å²) in [4.78, 5) is 69.1. The van der Waals surface area contributed by atoms with E-state index in [1.54, 1.807) is 54.8 Å². The summed E-state index contributed by atoms with van der Waals surface area (Å²) in [6.07, 6.45) is -2.08. The quantitative estimate of drug-likeness (QED) is 0.289. The second-order valence-corrected chi connectivity index (χ2v) is 14.0. The third-order valence-electron chi connectivity index (χ3n) is 8.01. The zero-order valence-corrected chi connectivity index (χ0v) is 28.0. The van der Waals surface area contributed by atoms with E-state index in [2.05, 4.69) is 10.6 Å². The topological polar surface area (TPSA) is 144 Å². The average molecular weight is 651 g/mol. The van der Waals surface area contributed by atoms with Gasteiger partial charge >= 0.3 is 18.2 Å². The molecule has 2 fully saturated rings. The van der Waals surface area contributed by atoms with Crippen molar-refractivity contribution in [2.45, 2.75) is 97.2 Å². The van der Waals surface area contributed by atoms with Crippen LogP contribution in [0.2, 0.25) is 0 Å². The highest BCUT2D eigenvalue weighted by molar-refractivity contribution is 5.88. The van der Waals surface area contributed by atoms with Gasteiger partial charge < -0.3 is 29.3 Å². The van der Waals surface area contributed by atoms with Gasteiger partial charge in [-0.3, -0.25) is 19.7 Å². The first-order valence-electron chi connectivity index (χ1n) is 15.9. The van der Waals surface area contributed by atoms with Crippen molar-refractivity contribution in [1.82, 2.24) is 15.1 Å². The Hall–Kier alpha value is -4.61. The number of esters is 1. The molecular formula is C35H46N4O8. The Labute approximate surface area is 276 Å². The monoisotopic (exact) mass is 650 g/mol. The standard InChI is InChI=1S/C35H46N4O8/c1-34(2,3)30(37-32(43)45-22-23-13-9-7-10-14-23)31(42)38-20-19-25-29(38)26(46-33(44)36-24-15-11-8-12-16-24)21-39(25)27(40)17-18-28(41)47-35(4,5)6/h7-16,25-26,29-30H,17-22H2,1-6H3,(H,36,44)(H,37,43)/t25-,26+,29+,30-/m1/s1. The Morgan fingerprint density at radius 1 is 0.851 bits per heavy atom. The SMILES string of the molecule is CC(C)(C)OC(=O)CCC(=O)N1C[C@H](OC(=O)Nc2ccccc2)[C@@H]2[C@H]1CCN2C(=O)[C@@H](NC(=O)OCc1ccccc1)C(C)(C)C. The van der Waals surface area contributed by atoms with E-state index < -0.39 is 53.4 Å². The largest absolute Gasteiger partial charge is 0.460 e. The summed E-state index contributed by atoms with van der Waals surface area (Å²) in [7, 11) is 0. The molecule has 4 rings (SSSR count). The lowest BCUT2D eigenvalue weighted by Crippen LogP contribution is -2.58. The summed E-state index contributed by atoms with van der Waals surface area (Å²) in [6.45, 7) is 11.1. The summed E-state index contributed by atoms with van der Waals surface area (Å²) < 4.78 is 16.7. The zero-order valence-electron chi connectivity index (χ0n) is 28.0. The van der Waals surface area contributed by atoms with E-state index in [1.807, 2.05) is 57.2 Å². The first-order chi connectivity index (χ1) is 22.1. The van der Waals surface area contributed by atoms with Gasteiger partial charge in [-0.15, -0.1) is 0 Å². The van der Waals surface area contributed by atoms with Crippen LogP contribution in [0.15, 0.2) is 60.7 Å². The number of benzene rings is 2. The number of hydrogen-bond acceptors (Lipinski definition) is 8. The van der Waals surface area contributed by atoms with Gasteiger partial charge in [0.25, 0.3) is 0 Å². The third kappa shape index (κ3) is 9.69. The lowest BCUT2D eigenvalue weighted by atomic mass is 9.85. The second-order valence-electron chi connectivity index (χ2n) is 14.0. The van der Waals surface area contributed by atoms with Crippen LogP contribution in [0.1, 0.15) is 66.4 Å². The van der Waals surface area contributed by atoms with Crippen LogP contribution in [0.5, 0.6) is 0 Å². The minimum Gasteiger partial charge on any atom is -0.460 e. The van der Waals surface area contributed by atoms with E-state index >= 15 is 0 Å². The van der Waals surface area contributed by atoms with Crippen molar-refractivity contribution in [2.75, 3.05) is 18.4 Å². The van der Waals surface area contributed by atoms with Crippen LogP contribution in [-0.4, -0.2) is 82.7 Å². The lowest BCUT2D eigenvalue weighted by molar-refractivity contribution is -0.156. The fourth-order valence-corrected chi connectivity index (χ4v) is 5.92. The Morgan fingerprint density at radius 2 is 1.49 bits per heavy atom. The zero-order chi connectivity index (χ0) is 34.4.